The number of fused-ring (bicyclic) bond motifs is 1. The first-order chi connectivity index (χ1) is 12.4. The molecule has 1 heterocycles. The molecule has 0 spiro atoms. The van der Waals surface area contributed by atoms with Gasteiger partial charge in [0, 0.05) is 33.5 Å². The number of hydrogen-bond donors (Lipinski definition) is 1. The lowest BCUT2D eigenvalue weighted by Crippen LogP contribution is -2.13. The van der Waals surface area contributed by atoms with Gasteiger partial charge in [-0.25, -0.2) is 13.2 Å². The van der Waals surface area contributed by atoms with Crippen LogP contribution in [0.2, 0.25) is 5.02 Å². The van der Waals surface area contributed by atoms with Crippen LogP contribution in [-0.2, 0) is 4.74 Å². The van der Waals surface area contributed by atoms with Gasteiger partial charge in [0.2, 0.25) is 0 Å². The molecule has 4 rings (SSSR count). The Morgan fingerprint density at radius 2 is 1.77 bits per heavy atom. The highest BCUT2D eigenvalue weighted by Crippen LogP contribution is 2.46. The lowest BCUT2D eigenvalue weighted by molar-refractivity contribution is 0.102. The highest BCUT2D eigenvalue weighted by atomic mass is 35.5. The third kappa shape index (κ3) is 3.56. The molecule has 1 saturated carbocycles. The van der Waals surface area contributed by atoms with Gasteiger partial charge < -0.3 is 10.1 Å². The highest BCUT2D eigenvalue weighted by Gasteiger charge is 2.48. The SMILES string of the molecule is O=C(Nc1cc(F)c(F)c(F)c1)c1ccc(Cl)c(SC2CC3OC3C2)c1. The molecular weight excluding hydrogens is 387 g/mol. The van der Waals surface area contributed by atoms with E-state index in [1.807, 2.05) is 0 Å². The fourth-order valence-corrected chi connectivity index (χ4v) is 4.61. The number of nitrogens with one attached hydrogen (secondary N) is 1. The van der Waals surface area contributed by atoms with Crippen molar-refractivity contribution in [1.29, 1.82) is 0 Å². The maximum atomic E-state index is 13.3. The van der Waals surface area contributed by atoms with E-state index in [2.05, 4.69) is 5.32 Å². The molecule has 136 valence electrons. The molecule has 8 heteroatoms. The van der Waals surface area contributed by atoms with Crippen molar-refractivity contribution < 1.29 is 22.7 Å². The fourth-order valence-electron chi connectivity index (χ4n) is 3.05. The van der Waals surface area contributed by atoms with Gasteiger partial charge in [-0.05, 0) is 31.0 Å². The van der Waals surface area contributed by atoms with Gasteiger partial charge in [0.15, 0.2) is 17.5 Å². The molecule has 2 fully saturated rings. The molecule has 2 aromatic carbocycles. The molecule has 2 atom stereocenters. The smallest absolute Gasteiger partial charge is 0.255 e. The van der Waals surface area contributed by atoms with E-state index in [0.717, 1.165) is 29.9 Å². The summed E-state index contributed by atoms with van der Waals surface area (Å²) in [6.07, 6.45) is 2.61. The average Bonchev–Trinajstić information content (AvgIpc) is 3.21. The quantitative estimate of drug-likeness (QED) is 0.579. The van der Waals surface area contributed by atoms with Crippen molar-refractivity contribution in [2.24, 2.45) is 0 Å². The molecule has 0 bridgehead atoms. The standard InChI is InChI=1S/C18H13ClF3NO2S/c19-11-2-1-8(3-16(11)26-10-6-14-15(7-10)25-14)18(24)23-9-4-12(20)17(22)13(21)5-9/h1-5,10,14-15H,6-7H2,(H,23,24). The molecule has 1 aliphatic carbocycles. The van der Waals surface area contributed by atoms with E-state index >= 15 is 0 Å². The van der Waals surface area contributed by atoms with Crippen LogP contribution < -0.4 is 5.32 Å². The van der Waals surface area contributed by atoms with E-state index in [1.54, 1.807) is 23.9 Å². The fraction of sp³-hybridized carbons (Fsp3) is 0.278. The summed E-state index contributed by atoms with van der Waals surface area (Å²) in [4.78, 5) is 13.1. The van der Waals surface area contributed by atoms with E-state index in [4.69, 9.17) is 16.3 Å². The monoisotopic (exact) mass is 399 g/mol. The Hall–Kier alpha value is -1.70. The number of thioether (sulfide) groups is 1. The summed E-state index contributed by atoms with van der Waals surface area (Å²) in [5.74, 6) is -4.87. The van der Waals surface area contributed by atoms with Crippen molar-refractivity contribution in [3.8, 4) is 0 Å². The largest absolute Gasteiger partial charge is 0.370 e. The number of rotatable bonds is 4. The van der Waals surface area contributed by atoms with Gasteiger partial charge in [0.05, 0.1) is 17.2 Å². The maximum absolute atomic E-state index is 13.3. The molecule has 2 aromatic rings. The van der Waals surface area contributed by atoms with Gasteiger partial charge >= 0.3 is 0 Å². The van der Waals surface area contributed by atoms with Gasteiger partial charge in [-0.1, -0.05) is 11.6 Å². The zero-order valence-electron chi connectivity index (χ0n) is 13.3. The molecular formula is C18H13ClF3NO2S. The first-order valence-corrected chi connectivity index (χ1v) is 9.24. The number of ether oxygens (including phenoxy) is 1. The molecule has 1 aliphatic heterocycles. The summed E-state index contributed by atoms with van der Waals surface area (Å²) >= 11 is 7.82. The van der Waals surface area contributed by atoms with Crippen LogP contribution in [0.25, 0.3) is 0 Å². The molecule has 3 nitrogen and oxygen atoms in total. The van der Waals surface area contributed by atoms with Crippen LogP contribution in [0.15, 0.2) is 35.2 Å². The number of carbonyl (C=O) groups is 1. The van der Waals surface area contributed by atoms with E-state index in [0.29, 0.717) is 28.0 Å². The van der Waals surface area contributed by atoms with Crippen molar-refractivity contribution in [1.82, 2.24) is 0 Å². The second kappa shape index (κ2) is 6.79. The summed E-state index contributed by atoms with van der Waals surface area (Å²) in [7, 11) is 0. The van der Waals surface area contributed by atoms with Crippen LogP contribution in [0.1, 0.15) is 23.2 Å². The van der Waals surface area contributed by atoms with Crippen molar-refractivity contribution in [2.45, 2.75) is 35.2 Å². The van der Waals surface area contributed by atoms with Crippen LogP contribution in [0.4, 0.5) is 18.9 Å². The number of hydrogen-bond acceptors (Lipinski definition) is 3. The average molecular weight is 400 g/mol. The number of amides is 1. The normalized spacial score (nSPS) is 23.6. The van der Waals surface area contributed by atoms with Gasteiger partial charge in [-0.15, -0.1) is 11.8 Å². The Morgan fingerprint density at radius 3 is 2.42 bits per heavy atom. The van der Waals surface area contributed by atoms with Crippen LogP contribution in [0.3, 0.4) is 0 Å². The number of halogens is 4. The molecule has 1 N–H and O–H groups in total. The lowest BCUT2D eigenvalue weighted by atomic mass is 10.2. The Balaban J connectivity index is 1.49. The number of epoxide rings is 1. The Labute approximate surface area is 156 Å². The van der Waals surface area contributed by atoms with Crippen LogP contribution in [-0.4, -0.2) is 23.4 Å². The zero-order chi connectivity index (χ0) is 18.4. The van der Waals surface area contributed by atoms with E-state index in [-0.39, 0.29) is 5.69 Å². The Morgan fingerprint density at radius 1 is 1.12 bits per heavy atom. The van der Waals surface area contributed by atoms with E-state index in [1.165, 1.54) is 6.07 Å². The predicted octanol–water partition coefficient (Wildman–Crippen LogP) is 5.03. The van der Waals surface area contributed by atoms with E-state index in [9.17, 15) is 18.0 Å². The van der Waals surface area contributed by atoms with Gasteiger partial charge in [-0.3, -0.25) is 4.79 Å². The molecule has 2 unspecified atom stereocenters. The number of anilines is 1. The number of carbonyl (C=O) groups excluding carboxylic acids is 1. The third-order valence-electron chi connectivity index (χ3n) is 4.41. The van der Waals surface area contributed by atoms with E-state index < -0.39 is 23.4 Å². The lowest BCUT2D eigenvalue weighted by Gasteiger charge is -2.13. The zero-order valence-corrected chi connectivity index (χ0v) is 14.8. The van der Waals surface area contributed by atoms with Crippen molar-refractivity contribution in [2.75, 3.05) is 5.32 Å². The second-order valence-corrected chi connectivity index (χ2v) is 8.03. The Bertz CT molecular complexity index is 862. The van der Waals surface area contributed by atoms with Crippen molar-refractivity contribution in [3.05, 3.63) is 58.4 Å². The topological polar surface area (TPSA) is 41.6 Å². The summed E-state index contributed by atoms with van der Waals surface area (Å²) in [5.41, 5.74) is 0.130. The van der Waals surface area contributed by atoms with Crippen LogP contribution >= 0.6 is 23.4 Å². The number of benzene rings is 2. The molecule has 1 amide bonds. The third-order valence-corrected chi connectivity index (χ3v) is 6.16. The van der Waals surface area contributed by atoms with Gasteiger partial charge in [-0.2, -0.15) is 0 Å². The Kier molecular flexibility index (Phi) is 4.62. The van der Waals surface area contributed by atoms with Crippen LogP contribution in [0.5, 0.6) is 0 Å². The maximum Gasteiger partial charge on any atom is 0.255 e. The molecule has 0 aromatic heterocycles. The first-order valence-electron chi connectivity index (χ1n) is 7.98. The molecule has 26 heavy (non-hydrogen) atoms. The molecule has 0 radical (unpaired) electrons. The minimum atomic E-state index is -1.58. The van der Waals surface area contributed by atoms with Gasteiger partial charge in [0.1, 0.15) is 0 Å². The van der Waals surface area contributed by atoms with Crippen molar-refractivity contribution >= 4 is 35.0 Å². The highest BCUT2D eigenvalue weighted by molar-refractivity contribution is 8.00. The molecule has 1 saturated heterocycles. The van der Waals surface area contributed by atoms with Gasteiger partial charge in [0.25, 0.3) is 5.91 Å². The van der Waals surface area contributed by atoms with Crippen molar-refractivity contribution in [3.63, 3.8) is 0 Å². The minimum absolute atomic E-state index is 0.163. The summed E-state index contributed by atoms with van der Waals surface area (Å²) < 4.78 is 45.0. The predicted molar refractivity (Wildman–Crippen MR) is 93.3 cm³/mol. The summed E-state index contributed by atoms with van der Waals surface area (Å²) in [6.45, 7) is 0. The summed E-state index contributed by atoms with van der Waals surface area (Å²) in [5, 5.41) is 3.28. The second-order valence-electron chi connectivity index (χ2n) is 6.28. The van der Waals surface area contributed by atoms with Crippen LogP contribution in [0, 0.1) is 17.5 Å². The molecule has 2 aliphatic rings. The minimum Gasteiger partial charge on any atom is -0.370 e. The summed E-state index contributed by atoms with van der Waals surface area (Å²) in [6, 6.07) is 6.23. The first kappa shape index (κ1) is 17.7.